The Labute approximate surface area is 78.8 Å². The minimum absolute atomic E-state index is 0.0959. The normalized spacial score (nSPS) is 46.4. The highest BCUT2D eigenvalue weighted by atomic mass is 16.6. The molecule has 4 heteroatoms. The molecule has 1 aliphatic rings. The van der Waals surface area contributed by atoms with E-state index in [1.165, 1.54) is 0 Å². The second-order valence-electron chi connectivity index (χ2n) is 3.44. The van der Waals surface area contributed by atoms with Crippen LogP contribution in [0.2, 0.25) is 0 Å². The van der Waals surface area contributed by atoms with Crippen molar-refractivity contribution in [3.8, 4) is 0 Å². The molecule has 1 N–H and O–H groups in total. The second-order valence-corrected chi connectivity index (χ2v) is 3.44. The van der Waals surface area contributed by atoms with Gasteiger partial charge < -0.3 is 19.3 Å². The lowest BCUT2D eigenvalue weighted by Gasteiger charge is -2.41. The number of ether oxygens (including phenoxy) is 3. The van der Waals surface area contributed by atoms with Crippen molar-refractivity contribution in [2.75, 3.05) is 14.2 Å². The number of hydrogen-bond donors (Lipinski definition) is 1. The molecule has 5 atom stereocenters. The van der Waals surface area contributed by atoms with Gasteiger partial charge in [-0.25, -0.2) is 0 Å². The lowest BCUT2D eigenvalue weighted by Crippen LogP contribution is -2.57. The molecule has 13 heavy (non-hydrogen) atoms. The van der Waals surface area contributed by atoms with Gasteiger partial charge in [0, 0.05) is 14.2 Å². The molecule has 0 radical (unpaired) electrons. The van der Waals surface area contributed by atoms with E-state index in [-0.39, 0.29) is 24.4 Å². The highest BCUT2D eigenvalue weighted by molar-refractivity contribution is 4.90. The summed E-state index contributed by atoms with van der Waals surface area (Å²) >= 11 is 0. The third-order valence-corrected chi connectivity index (χ3v) is 2.57. The van der Waals surface area contributed by atoms with Crippen molar-refractivity contribution in [1.29, 1.82) is 0 Å². The molecule has 0 bridgehead atoms. The van der Waals surface area contributed by atoms with Gasteiger partial charge in [-0.15, -0.1) is 0 Å². The Kier molecular flexibility index (Phi) is 3.67. The average Bonchev–Trinajstić information content (AvgIpc) is 2.04. The van der Waals surface area contributed by atoms with Crippen LogP contribution in [0.1, 0.15) is 13.8 Å². The Hall–Kier alpha value is -0.160. The molecule has 0 aromatic carbocycles. The van der Waals surface area contributed by atoms with Crippen molar-refractivity contribution in [1.82, 2.24) is 0 Å². The van der Waals surface area contributed by atoms with Crippen molar-refractivity contribution >= 4 is 0 Å². The number of rotatable bonds is 2. The maximum atomic E-state index is 9.84. The Bertz CT molecular complexity index is 146. The molecule has 0 saturated carbocycles. The molecule has 4 nitrogen and oxygen atoms in total. The molecule has 1 unspecified atom stereocenters. The summed E-state index contributed by atoms with van der Waals surface area (Å²) in [4.78, 5) is 0. The van der Waals surface area contributed by atoms with Gasteiger partial charge >= 0.3 is 0 Å². The summed E-state index contributed by atoms with van der Waals surface area (Å²) in [6.07, 6.45) is -1.42. The van der Waals surface area contributed by atoms with Gasteiger partial charge in [0.1, 0.15) is 18.3 Å². The molecule has 0 aromatic rings. The molecule has 0 spiro atoms. The smallest absolute Gasteiger partial charge is 0.111 e. The number of aliphatic hydroxyl groups excluding tert-OH is 1. The summed E-state index contributed by atoms with van der Waals surface area (Å²) in [5.74, 6) is 0. The first-order valence-electron chi connectivity index (χ1n) is 4.51. The molecule has 1 fully saturated rings. The fourth-order valence-corrected chi connectivity index (χ4v) is 1.90. The Morgan fingerprint density at radius 1 is 1.00 bits per heavy atom. The van der Waals surface area contributed by atoms with E-state index in [1.807, 2.05) is 13.8 Å². The van der Waals surface area contributed by atoms with Gasteiger partial charge in [0.25, 0.3) is 0 Å². The molecule has 78 valence electrons. The number of hydrogen-bond acceptors (Lipinski definition) is 4. The van der Waals surface area contributed by atoms with E-state index >= 15 is 0 Å². The van der Waals surface area contributed by atoms with Gasteiger partial charge in [0.05, 0.1) is 12.2 Å². The minimum atomic E-state index is -0.617. The molecular formula is C9H18O4. The zero-order valence-electron chi connectivity index (χ0n) is 8.56. The molecular weight excluding hydrogens is 172 g/mol. The first kappa shape index (κ1) is 10.9. The van der Waals surface area contributed by atoms with Crippen LogP contribution in [0.5, 0.6) is 0 Å². The molecule has 1 heterocycles. The van der Waals surface area contributed by atoms with E-state index in [9.17, 15) is 5.11 Å². The first-order valence-corrected chi connectivity index (χ1v) is 4.51. The van der Waals surface area contributed by atoms with Crippen LogP contribution < -0.4 is 0 Å². The lowest BCUT2D eigenvalue weighted by molar-refractivity contribution is -0.226. The van der Waals surface area contributed by atoms with Crippen LogP contribution in [-0.4, -0.2) is 49.8 Å². The first-order chi connectivity index (χ1) is 6.11. The van der Waals surface area contributed by atoms with Gasteiger partial charge in [-0.3, -0.25) is 0 Å². The average molecular weight is 190 g/mol. The van der Waals surface area contributed by atoms with E-state index in [0.29, 0.717) is 0 Å². The number of methoxy groups -OCH3 is 2. The zero-order chi connectivity index (χ0) is 10.0. The molecule has 0 aromatic heterocycles. The maximum Gasteiger partial charge on any atom is 0.111 e. The van der Waals surface area contributed by atoms with E-state index in [1.54, 1.807) is 14.2 Å². The van der Waals surface area contributed by atoms with E-state index in [0.717, 1.165) is 0 Å². The predicted octanol–water partition coefficient (Wildman–Crippen LogP) is 0.185. The van der Waals surface area contributed by atoms with Crippen molar-refractivity contribution in [3.63, 3.8) is 0 Å². The molecule has 1 saturated heterocycles. The minimum Gasteiger partial charge on any atom is -0.387 e. The summed E-state index contributed by atoms with van der Waals surface area (Å²) in [7, 11) is 3.13. The fourth-order valence-electron chi connectivity index (χ4n) is 1.90. The van der Waals surface area contributed by atoms with Gasteiger partial charge in [0.2, 0.25) is 0 Å². The summed E-state index contributed by atoms with van der Waals surface area (Å²) in [5.41, 5.74) is 0. The highest BCUT2D eigenvalue weighted by Gasteiger charge is 2.41. The van der Waals surface area contributed by atoms with Crippen LogP contribution in [-0.2, 0) is 14.2 Å². The standard InChI is InChI=1S/C9H18O4/c1-5-8(11-3)7(10)9(12-4)6(2)13-5/h5-10H,1-4H3/t5-,6-,7?,8-,9+/m0/s1. The van der Waals surface area contributed by atoms with Crippen molar-refractivity contribution in [3.05, 3.63) is 0 Å². The van der Waals surface area contributed by atoms with Crippen LogP contribution in [0, 0.1) is 0 Å². The Morgan fingerprint density at radius 3 is 1.69 bits per heavy atom. The predicted molar refractivity (Wildman–Crippen MR) is 47.6 cm³/mol. The Morgan fingerprint density at radius 2 is 1.38 bits per heavy atom. The number of aliphatic hydroxyl groups is 1. The lowest BCUT2D eigenvalue weighted by atomic mass is 9.96. The van der Waals surface area contributed by atoms with Gasteiger partial charge in [-0.1, -0.05) is 0 Å². The largest absolute Gasteiger partial charge is 0.387 e. The Balaban J connectivity index is 2.69. The summed E-state index contributed by atoms with van der Waals surface area (Å²) < 4.78 is 15.8. The highest BCUT2D eigenvalue weighted by Crippen LogP contribution is 2.24. The summed E-state index contributed by atoms with van der Waals surface area (Å²) in [6.45, 7) is 3.78. The van der Waals surface area contributed by atoms with Gasteiger partial charge in [-0.2, -0.15) is 0 Å². The molecule has 0 amide bonds. The van der Waals surface area contributed by atoms with Crippen LogP contribution in [0.15, 0.2) is 0 Å². The van der Waals surface area contributed by atoms with Crippen molar-refractivity contribution in [2.45, 2.75) is 44.4 Å². The van der Waals surface area contributed by atoms with E-state index in [2.05, 4.69) is 0 Å². The van der Waals surface area contributed by atoms with Gasteiger partial charge in [0.15, 0.2) is 0 Å². The van der Waals surface area contributed by atoms with E-state index in [4.69, 9.17) is 14.2 Å². The molecule has 0 aliphatic carbocycles. The quantitative estimate of drug-likeness (QED) is 0.675. The molecule has 1 aliphatic heterocycles. The van der Waals surface area contributed by atoms with Crippen LogP contribution >= 0.6 is 0 Å². The van der Waals surface area contributed by atoms with Crippen LogP contribution in [0.3, 0.4) is 0 Å². The third kappa shape index (κ3) is 2.02. The van der Waals surface area contributed by atoms with Crippen LogP contribution in [0.4, 0.5) is 0 Å². The summed E-state index contributed by atoms with van der Waals surface area (Å²) in [5, 5.41) is 9.84. The maximum absolute atomic E-state index is 9.84. The fraction of sp³-hybridized carbons (Fsp3) is 1.00. The summed E-state index contributed by atoms with van der Waals surface area (Å²) in [6, 6.07) is 0. The van der Waals surface area contributed by atoms with Crippen molar-refractivity contribution < 1.29 is 19.3 Å². The third-order valence-electron chi connectivity index (χ3n) is 2.57. The topological polar surface area (TPSA) is 47.9 Å². The monoisotopic (exact) mass is 190 g/mol. The van der Waals surface area contributed by atoms with Crippen LogP contribution in [0.25, 0.3) is 0 Å². The van der Waals surface area contributed by atoms with E-state index < -0.39 is 6.10 Å². The van der Waals surface area contributed by atoms with Crippen molar-refractivity contribution in [2.24, 2.45) is 0 Å². The second kappa shape index (κ2) is 4.37. The zero-order valence-corrected chi connectivity index (χ0v) is 8.56. The molecule has 1 rings (SSSR count). The van der Waals surface area contributed by atoms with Gasteiger partial charge in [-0.05, 0) is 13.8 Å². The SMILES string of the molecule is CO[C@@H]1C(O)[C@H](OC)[C@H](C)O[C@H]1C.